The van der Waals surface area contributed by atoms with Gasteiger partial charge >= 0.3 is 0 Å². The van der Waals surface area contributed by atoms with Crippen LogP contribution in [0.5, 0.6) is 0 Å². The molecule has 0 aromatic carbocycles. The van der Waals surface area contributed by atoms with Gasteiger partial charge in [0.2, 0.25) is 0 Å². The average Bonchev–Trinajstić information content (AvgIpc) is 3.37. The number of nitrogens with zero attached hydrogens (tertiary/aromatic N) is 5. The summed E-state index contributed by atoms with van der Waals surface area (Å²) in [6.45, 7) is 3.45. The zero-order valence-corrected chi connectivity index (χ0v) is 14.0. The Morgan fingerprint density at radius 2 is 2.32 bits per heavy atom. The second-order valence-electron chi connectivity index (χ2n) is 6.35. The van der Waals surface area contributed by atoms with Gasteiger partial charge in [0.15, 0.2) is 11.5 Å². The highest BCUT2D eigenvalue weighted by Crippen LogP contribution is 2.24. The molecule has 4 heterocycles. The third kappa shape index (κ3) is 3.17. The number of pyridine rings is 1. The number of hydrogen-bond donors (Lipinski definition) is 0. The van der Waals surface area contributed by atoms with Gasteiger partial charge in [-0.25, -0.2) is 0 Å². The van der Waals surface area contributed by atoms with Crippen LogP contribution < -0.4 is 0 Å². The molecule has 0 aliphatic carbocycles. The van der Waals surface area contributed by atoms with E-state index in [1.54, 1.807) is 18.5 Å². The first-order valence-corrected chi connectivity index (χ1v) is 8.38. The number of hydrogen-bond acceptors (Lipinski definition) is 5. The van der Waals surface area contributed by atoms with Gasteiger partial charge in [0, 0.05) is 36.8 Å². The van der Waals surface area contributed by atoms with Crippen molar-refractivity contribution < 1.29 is 9.32 Å². The van der Waals surface area contributed by atoms with E-state index >= 15 is 0 Å². The SMILES string of the molecule is Cc1cnn(C[C@H]2CCCN2C(=O)c2cc(-c3cccnc3)on2)c1. The maximum Gasteiger partial charge on any atom is 0.276 e. The molecule has 7 heteroatoms. The standard InChI is InChI=1S/C18H19N5O2/c1-13-9-20-22(11-13)12-15-5-3-7-23(15)18(24)16-8-17(25-21-16)14-4-2-6-19-10-14/h2,4,6,8-11,15H,3,5,7,12H2,1H3/t15-/m1/s1. The summed E-state index contributed by atoms with van der Waals surface area (Å²) >= 11 is 0. The van der Waals surface area contributed by atoms with Crippen molar-refractivity contribution in [2.24, 2.45) is 0 Å². The molecular formula is C18H19N5O2. The number of likely N-dealkylation sites (tertiary alicyclic amines) is 1. The summed E-state index contributed by atoms with van der Waals surface area (Å²) in [7, 11) is 0. The second kappa shape index (κ2) is 6.51. The normalized spacial score (nSPS) is 17.2. The van der Waals surface area contributed by atoms with Crippen molar-refractivity contribution in [1.29, 1.82) is 0 Å². The molecule has 1 saturated heterocycles. The highest BCUT2D eigenvalue weighted by Gasteiger charge is 2.31. The summed E-state index contributed by atoms with van der Waals surface area (Å²) in [4.78, 5) is 18.8. The molecule has 0 unspecified atom stereocenters. The van der Waals surface area contributed by atoms with E-state index < -0.39 is 0 Å². The first-order chi connectivity index (χ1) is 12.2. The predicted molar refractivity (Wildman–Crippen MR) is 90.8 cm³/mol. The molecule has 0 N–H and O–H groups in total. The van der Waals surface area contributed by atoms with Crippen molar-refractivity contribution in [2.45, 2.75) is 32.4 Å². The Morgan fingerprint density at radius 3 is 3.08 bits per heavy atom. The summed E-state index contributed by atoms with van der Waals surface area (Å²) in [6.07, 6.45) is 9.17. The van der Waals surface area contributed by atoms with Gasteiger partial charge in [-0.1, -0.05) is 5.16 Å². The number of carbonyl (C=O) groups excluding carboxylic acids is 1. The van der Waals surface area contributed by atoms with Crippen LogP contribution in [-0.2, 0) is 6.54 Å². The number of rotatable bonds is 4. The lowest BCUT2D eigenvalue weighted by Crippen LogP contribution is -2.38. The Balaban J connectivity index is 1.51. The van der Waals surface area contributed by atoms with Crippen LogP contribution in [0, 0.1) is 6.92 Å². The summed E-state index contributed by atoms with van der Waals surface area (Å²) in [5.74, 6) is 0.458. The minimum absolute atomic E-state index is 0.0923. The Labute approximate surface area is 145 Å². The summed E-state index contributed by atoms with van der Waals surface area (Å²) in [5.41, 5.74) is 2.26. The molecule has 128 valence electrons. The molecule has 1 aliphatic rings. The fourth-order valence-corrected chi connectivity index (χ4v) is 3.24. The van der Waals surface area contributed by atoms with E-state index in [1.165, 1.54) is 0 Å². The zero-order valence-electron chi connectivity index (χ0n) is 14.0. The zero-order chi connectivity index (χ0) is 17.2. The minimum atomic E-state index is -0.0923. The van der Waals surface area contributed by atoms with Gasteiger partial charge in [-0.2, -0.15) is 5.10 Å². The van der Waals surface area contributed by atoms with E-state index in [-0.39, 0.29) is 11.9 Å². The molecule has 3 aromatic rings. The Kier molecular flexibility index (Phi) is 4.05. The lowest BCUT2D eigenvalue weighted by Gasteiger charge is -2.23. The molecule has 7 nitrogen and oxygen atoms in total. The Morgan fingerprint density at radius 1 is 1.40 bits per heavy atom. The topological polar surface area (TPSA) is 77.0 Å². The molecule has 0 spiro atoms. The molecule has 1 fully saturated rings. The second-order valence-corrected chi connectivity index (χ2v) is 6.35. The van der Waals surface area contributed by atoms with E-state index in [4.69, 9.17) is 4.52 Å². The van der Waals surface area contributed by atoms with Crippen LogP contribution in [0.4, 0.5) is 0 Å². The fourth-order valence-electron chi connectivity index (χ4n) is 3.24. The van der Waals surface area contributed by atoms with Crippen molar-refractivity contribution >= 4 is 5.91 Å². The van der Waals surface area contributed by atoms with Gasteiger partial charge in [-0.05, 0) is 37.5 Å². The smallest absolute Gasteiger partial charge is 0.276 e. The summed E-state index contributed by atoms with van der Waals surface area (Å²) in [5, 5.41) is 8.29. The van der Waals surface area contributed by atoms with Crippen LogP contribution in [0.1, 0.15) is 28.9 Å². The van der Waals surface area contributed by atoms with E-state index in [2.05, 4.69) is 15.2 Å². The highest BCUT2D eigenvalue weighted by molar-refractivity contribution is 5.93. The van der Waals surface area contributed by atoms with Crippen molar-refractivity contribution in [2.75, 3.05) is 6.54 Å². The van der Waals surface area contributed by atoms with Gasteiger partial charge in [-0.3, -0.25) is 14.5 Å². The van der Waals surface area contributed by atoms with Crippen LogP contribution in [0.15, 0.2) is 47.5 Å². The first kappa shape index (κ1) is 15.6. The Hall–Kier alpha value is -2.96. The third-order valence-electron chi connectivity index (χ3n) is 4.47. The quantitative estimate of drug-likeness (QED) is 0.731. The maximum atomic E-state index is 12.9. The molecule has 0 bridgehead atoms. The van der Waals surface area contributed by atoms with Crippen molar-refractivity contribution in [3.05, 3.63) is 54.2 Å². The Bertz CT molecular complexity index is 870. The monoisotopic (exact) mass is 337 g/mol. The molecule has 3 aromatic heterocycles. The summed E-state index contributed by atoms with van der Waals surface area (Å²) < 4.78 is 7.23. The highest BCUT2D eigenvalue weighted by atomic mass is 16.5. The average molecular weight is 337 g/mol. The number of amides is 1. The molecule has 0 saturated carbocycles. The third-order valence-corrected chi connectivity index (χ3v) is 4.47. The molecular weight excluding hydrogens is 318 g/mol. The van der Waals surface area contributed by atoms with Crippen LogP contribution >= 0.6 is 0 Å². The van der Waals surface area contributed by atoms with Gasteiger partial charge in [-0.15, -0.1) is 0 Å². The number of aromatic nitrogens is 4. The van der Waals surface area contributed by atoms with Gasteiger partial charge in [0.25, 0.3) is 5.91 Å². The van der Waals surface area contributed by atoms with E-state index in [1.807, 2.05) is 41.0 Å². The number of aryl methyl sites for hydroxylation is 1. The van der Waals surface area contributed by atoms with E-state index in [0.29, 0.717) is 18.0 Å². The first-order valence-electron chi connectivity index (χ1n) is 8.38. The molecule has 1 amide bonds. The van der Waals surface area contributed by atoms with E-state index in [9.17, 15) is 4.79 Å². The maximum absolute atomic E-state index is 12.9. The van der Waals surface area contributed by atoms with Crippen molar-refractivity contribution in [1.82, 2.24) is 24.8 Å². The summed E-state index contributed by atoms with van der Waals surface area (Å²) in [6, 6.07) is 5.51. The fraction of sp³-hybridized carbons (Fsp3) is 0.333. The van der Waals surface area contributed by atoms with Crippen molar-refractivity contribution in [3.63, 3.8) is 0 Å². The van der Waals surface area contributed by atoms with Crippen LogP contribution in [0.3, 0.4) is 0 Å². The van der Waals surface area contributed by atoms with Crippen molar-refractivity contribution in [3.8, 4) is 11.3 Å². The molecule has 25 heavy (non-hydrogen) atoms. The molecule has 0 radical (unpaired) electrons. The molecule has 1 aliphatic heterocycles. The lowest BCUT2D eigenvalue weighted by molar-refractivity contribution is 0.0711. The largest absolute Gasteiger partial charge is 0.355 e. The van der Waals surface area contributed by atoms with Crippen LogP contribution in [-0.4, -0.2) is 43.3 Å². The predicted octanol–water partition coefficient (Wildman–Crippen LogP) is 2.55. The van der Waals surface area contributed by atoms with Gasteiger partial charge < -0.3 is 9.42 Å². The molecule has 4 rings (SSSR count). The minimum Gasteiger partial charge on any atom is -0.355 e. The van der Waals surface area contributed by atoms with E-state index in [0.717, 1.165) is 30.5 Å². The number of carbonyl (C=O) groups is 1. The van der Waals surface area contributed by atoms with Gasteiger partial charge in [0.05, 0.1) is 18.8 Å². The van der Waals surface area contributed by atoms with Crippen LogP contribution in [0.25, 0.3) is 11.3 Å². The van der Waals surface area contributed by atoms with Gasteiger partial charge in [0.1, 0.15) is 0 Å². The van der Waals surface area contributed by atoms with Crippen LogP contribution in [0.2, 0.25) is 0 Å². The lowest BCUT2D eigenvalue weighted by atomic mass is 10.2. The molecule has 1 atom stereocenters.